The Bertz CT molecular complexity index is 908. The second kappa shape index (κ2) is 10.7. The third-order valence-electron chi connectivity index (χ3n) is 4.11. The van der Waals surface area contributed by atoms with Crippen molar-refractivity contribution in [3.05, 3.63) is 71.8 Å². The van der Waals surface area contributed by atoms with Crippen molar-refractivity contribution in [2.45, 2.75) is 19.1 Å². The molecule has 0 aliphatic carbocycles. The zero-order valence-electron chi connectivity index (χ0n) is 16.4. The normalized spacial score (nSPS) is 12.8. The van der Waals surface area contributed by atoms with E-state index in [4.69, 9.17) is 14.7 Å². The fourth-order valence-electron chi connectivity index (χ4n) is 2.56. The number of hydroxylamine groups is 1. The van der Waals surface area contributed by atoms with Crippen LogP contribution in [0.15, 0.2) is 60.7 Å². The van der Waals surface area contributed by atoms with Crippen molar-refractivity contribution in [1.29, 1.82) is 0 Å². The van der Waals surface area contributed by atoms with Gasteiger partial charge in [-0.3, -0.25) is 20.1 Å². The van der Waals surface area contributed by atoms with Crippen molar-refractivity contribution in [3.63, 3.8) is 0 Å². The number of hydrogen-bond acceptors (Lipinski definition) is 7. The number of ketones is 1. The lowest BCUT2D eigenvalue weighted by Crippen LogP contribution is -2.27. The Kier molecular flexibility index (Phi) is 8.09. The topological polar surface area (TPSA) is 134 Å². The number of hydrogen-bond donors (Lipinski definition) is 4. The molecule has 0 aliphatic rings. The molecule has 2 amide bonds. The first-order valence-corrected chi connectivity index (χ1v) is 8.86. The van der Waals surface area contributed by atoms with E-state index in [1.807, 2.05) is 0 Å². The van der Waals surface area contributed by atoms with Gasteiger partial charge in [-0.2, -0.15) is 0 Å². The quantitative estimate of drug-likeness (QED) is 0.226. The van der Waals surface area contributed by atoms with Crippen LogP contribution >= 0.6 is 0 Å². The summed E-state index contributed by atoms with van der Waals surface area (Å²) in [5, 5.41) is 20.7. The number of benzene rings is 2. The lowest BCUT2D eigenvalue weighted by Gasteiger charge is -2.24. The maximum Gasteiger partial charge on any atom is 0.412 e. The van der Waals surface area contributed by atoms with Crippen molar-refractivity contribution in [3.8, 4) is 5.75 Å². The highest BCUT2D eigenvalue weighted by molar-refractivity contribution is 5.95. The second-order valence-corrected chi connectivity index (χ2v) is 6.21. The number of ether oxygens (including phenoxy) is 2. The van der Waals surface area contributed by atoms with Gasteiger partial charge in [0.05, 0.1) is 0 Å². The zero-order valence-corrected chi connectivity index (χ0v) is 16.4. The van der Waals surface area contributed by atoms with Crippen LogP contribution in [0.1, 0.15) is 28.9 Å². The van der Waals surface area contributed by atoms with Gasteiger partial charge in [-0.1, -0.05) is 12.1 Å². The predicted octanol–water partition coefficient (Wildman–Crippen LogP) is 2.96. The van der Waals surface area contributed by atoms with Crippen LogP contribution in [0.2, 0.25) is 0 Å². The highest BCUT2D eigenvalue weighted by atomic mass is 16.6. The molecule has 30 heavy (non-hydrogen) atoms. The van der Waals surface area contributed by atoms with Crippen LogP contribution < -0.4 is 10.8 Å². The van der Waals surface area contributed by atoms with Gasteiger partial charge in [0, 0.05) is 24.4 Å². The fourth-order valence-corrected chi connectivity index (χ4v) is 2.56. The Morgan fingerprint density at radius 3 is 2.20 bits per heavy atom. The molecule has 0 saturated carbocycles. The minimum Gasteiger partial charge on any atom is -0.508 e. The number of aromatic hydroxyl groups is 1. The van der Waals surface area contributed by atoms with E-state index in [2.05, 4.69) is 5.32 Å². The first-order chi connectivity index (χ1) is 14.3. The summed E-state index contributed by atoms with van der Waals surface area (Å²) in [6, 6.07) is 12.2. The van der Waals surface area contributed by atoms with E-state index < -0.39 is 24.2 Å². The Hall–Kier alpha value is -3.69. The van der Waals surface area contributed by atoms with Crippen molar-refractivity contribution in [2.24, 2.45) is 0 Å². The van der Waals surface area contributed by atoms with E-state index in [0.29, 0.717) is 16.8 Å². The van der Waals surface area contributed by atoms with E-state index in [1.165, 1.54) is 37.7 Å². The van der Waals surface area contributed by atoms with Crippen molar-refractivity contribution in [1.82, 2.24) is 5.48 Å². The molecule has 0 spiro atoms. The van der Waals surface area contributed by atoms with Gasteiger partial charge in [-0.25, -0.2) is 10.3 Å². The summed E-state index contributed by atoms with van der Waals surface area (Å²) < 4.78 is 10.8. The average Bonchev–Trinajstić information content (AvgIpc) is 2.74. The lowest BCUT2D eigenvalue weighted by molar-refractivity contribution is -0.124. The number of methoxy groups -OCH3 is 1. The molecule has 4 N–H and O–H groups in total. The number of phenolic OH excluding ortho intramolecular Hbond substituents is 1. The molecule has 9 nitrogen and oxygen atoms in total. The number of phenols is 1. The third kappa shape index (κ3) is 6.43. The SMILES string of the molecule is CO[C@H](/C=C/C(=O)NO)[C@H](OC(=O)Nc1ccc(C(C)=O)cc1)c1ccc(O)cc1. The third-order valence-corrected chi connectivity index (χ3v) is 4.11. The van der Waals surface area contributed by atoms with Gasteiger partial charge in [0.15, 0.2) is 11.9 Å². The standard InChI is InChI=1S/C21H22N2O7/c1-13(24)14-3-7-16(8-4-14)22-21(27)30-20(15-5-9-17(25)10-6-15)18(29-2)11-12-19(26)23-28/h3-12,18,20,25,28H,1-2H3,(H,22,27)(H,23,26)/b12-11+/t18-,20-/m1/s1. The van der Waals surface area contributed by atoms with Crippen LogP contribution in [0.4, 0.5) is 10.5 Å². The predicted molar refractivity (Wildman–Crippen MR) is 107 cm³/mol. The van der Waals surface area contributed by atoms with Gasteiger partial charge in [0.2, 0.25) is 0 Å². The molecule has 2 aromatic carbocycles. The monoisotopic (exact) mass is 414 g/mol. The number of rotatable bonds is 8. The van der Waals surface area contributed by atoms with E-state index >= 15 is 0 Å². The Morgan fingerprint density at radius 1 is 1.03 bits per heavy atom. The smallest absolute Gasteiger partial charge is 0.412 e. The van der Waals surface area contributed by atoms with E-state index in [-0.39, 0.29) is 11.5 Å². The largest absolute Gasteiger partial charge is 0.508 e. The number of carbonyl (C=O) groups is 3. The van der Waals surface area contributed by atoms with Crippen molar-refractivity contribution < 1.29 is 34.2 Å². The van der Waals surface area contributed by atoms with Crippen LogP contribution in [-0.2, 0) is 14.3 Å². The summed E-state index contributed by atoms with van der Waals surface area (Å²) in [7, 11) is 1.36. The maximum absolute atomic E-state index is 12.4. The molecule has 2 aromatic rings. The highest BCUT2D eigenvalue weighted by Crippen LogP contribution is 2.27. The number of anilines is 1. The van der Waals surface area contributed by atoms with Crippen LogP contribution in [0.25, 0.3) is 0 Å². The molecule has 2 rings (SSSR count). The molecule has 0 fully saturated rings. The van der Waals surface area contributed by atoms with Gasteiger partial charge < -0.3 is 14.6 Å². The maximum atomic E-state index is 12.4. The summed E-state index contributed by atoms with van der Waals surface area (Å²) in [6.45, 7) is 1.44. The first kappa shape index (κ1) is 22.6. The molecule has 2 atom stereocenters. The molecular formula is C21H22N2O7. The zero-order chi connectivity index (χ0) is 22.1. The Labute approximate surface area is 172 Å². The Balaban J connectivity index is 2.21. The van der Waals surface area contributed by atoms with Crippen LogP contribution in [0.3, 0.4) is 0 Å². The van der Waals surface area contributed by atoms with Crippen LogP contribution in [0.5, 0.6) is 5.75 Å². The minimum absolute atomic E-state index is 0.0247. The minimum atomic E-state index is -0.977. The van der Waals surface area contributed by atoms with Crippen LogP contribution in [0, 0.1) is 0 Å². The summed E-state index contributed by atoms with van der Waals surface area (Å²) in [4.78, 5) is 35.1. The highest BCUT2D eigenvalue weighted by Gasteiger charge is 2.26. The molecule has 0 bridgehead atoms. The van der Waals surface area contributed by atoms with Crippen molar-refractivity contribution in [2.75, 3.05) is 12.4 Å². The second-order valence-electron chi connectivity index (χ2n) is 6.21. The summed E-state index contributed by atoms with van der Waals surface area (Å²) in [5.74, 6) is -0.855. The van der Waals surface area contributed by atoms with Gasteiger partial charge in [-0.05, 0) is 55.0 Å². The summed E-state index contributed by atoms with van der Waals surface area (Å²) in [6.07, 6.45) is -0.306. The molecule has 0 saturated heterocycles. The molecule has 0 aromatic heterocycles. The van der Waals surface area contributed by atoms with Gasteiger partial charge >= 0.3 is 6.09 Å². The van der Waals surface area contributed by atoms with E-state index in [1.54, 1.807) is 36.4 Å². The number of Topliss-reactive ketones (excluding diaryl/α,β-unsaturated/α-hetero) is 1. The molecule has 158 valence electrons. The number of amides is 2. The van der Waals surface area contributed by atoms with Gasteiger partial charge in [0.25, 0.3) is 5.91 Å². The molecule has 0 unspecified atom stereocenters. The lowest BCUT2D eigenvalue weighted by atomic mass is 10.0. The molecule has 0 aliphatic heterocycles. The van der Waals surface area contributed by atoms with Crippen LogP contribution in [-0.4, -0.2) is 41.3 Å². The van der Waals surface area contributed by atoms with E-state index in [9.17, 15) is 19.5 Å². The molecule has 0 radical (unpaired) electrons. The summed E-state index contributed by atoms with van der Waals surface area (Å²) >= 11 is 0. The number of nitrogens with one attached hydrogen (secondary N) is 2. The van der Waals surface area contributed by atoms with Crippen molar-refractivity contribution >= 4 is 23.5 Å². The molecular weight excluding hydrogens is 392 g/mol. The average molecular weight is 414 g/mol. The summed E-state index contributed by atoms with van der Waals surface area (Å²) in [5.41, 5.74) is 2.87. The van der Waals surface area contributed by atoms with E-state index in [0.717, 1.165) is 6.08 Å². The Morgan fingerprint density at radius 2 is 1.67 bits per heavy atom. The molecule has 0 heterocycles. The molecule has 9 heteroatoms. The first-order valence-electron chi connectivity index (χ1n) is 8.86. The van der Waals surface area contributed by atoms with Gasteiger partial charge in [0.1, 0.15) is 11.9 Å². The fraction of sp³-hybridized carbons (Fsp3) is 0.190. The number of carbonyl (C=O) groups excluding carboxylic acids is 3. The van der Waals surface area contributed by atoms with Gasteiger partial charge in [-0.15, -0.1) is 0 Å².